The Kier molecular flexibility index (Phi) is 6.43. The Bertz CT molecular complexity index is 1980. The first-order chi connectivity index (χ1) is 21.9. The molecule has 7 aromatic rings. The molecule has 0 aromatic heterocycles. The summed E-state index contributed by atoms with van der Waals surface area (Å²) in [7, 11) is 0. The zero-order valence-electron chi connectivity index (χ0n) is 24.3. The largest absolute Gasteiger partial charge is 0.310 e. The molecule has 8 rings (SSSR count). The minimum Gasteiger partial charge on any atom is -0.310 e. The molecule has 0 amide bonds. The maximum absolute atomic E-state index is 2.34. The van der Waals surface area contributed by atoms with Gasteiger partial charge in [-0.3, -0.25) is 0 Å². The molecule has 1 heteroatoms. The Hall–Kier alpha value is -5.66. The molecule has 0 atom stereocenters. The van der Waals surface area contributed by atoms with Gasteiger partial charge in [-0.15, -0.1) is 0 Å². The Balaban J connectivity index is 1.39. The van der Waals surface area contributed by atoms with E-state index in [1.54, 1.807) is 0 Å². The lowest BCUT2D eigenvalue weighted by Crippen LogP contribution is -2.29. The molecule has 1 aliphatic carbocycles. The summed E-state index contributed by atoms with van der Waals surface area (Å²) in [6.07, 6.45) is 0. The van der Waals surface area contributed by atoms with Crippen LogP contribution in [0.4, 0.5) is 17.1 Å². The third-order valence-corrected chi connectivity index (χ3v) is 8.93. The lowest BCUT2D eigenvalue weighted by Gasteiger charge is -2.35. The van der Waals surface area contributed by atoms with Crippen LogP contribution in [-0.2, 0) is 5.41 Å². The SMILES string of the molecule is c1ccc(N(c2ccccc2)c2cccc(-c3ccccc3C3(c4ccccc4)c4ccccc4-c4ccccc43)c2)cc1. The number of fused-ring (bicyclic) bond motifs is 3. The van der Waals surface area contributed by atoms with Crippen molar-refractivity contribution in [2.45, 2.75) is 5.41 Å². The molecule has 0 bridgehead atoms. The predicted octanol–water partition coefficient (Wildman–Crippen LogP) is 11.2. The molecule has 0 saturated heterocycles. The third-order valence-electron chi connectivity index (χ3n) is 8.93. The summed E-state index contributed by atoms with van der Waals surface area (Å²) in [5.74, 6) is 0. The van der Waals surface area contributed by atoms with Gasteiger partial charge in [0.1, 0.15) is 0 Å². The Labute approximate surface area is 259 Å². The topological polar surface area (TPSA) is 3.24 Å². The first-order valence-electron chi connectivity index (χ1n) is 15.2. The second-order valence-electron chi connectivity index (χ2n) is 11.3. The highest BCUT2D eigenvalue weighted by atomic mass is 15.1. The highest BCUT2D eigenvalue weighted by Gasteiger charge is 2.46. The second-order valence-corrected chi connectivity index (χ2v) is 11.3. The zero-order chi connectivity index (χ0) is 29.3. The van der Waals surface area contributed by atoms with Crippen molar-refractivity contribution in [1.29, 1.82) is 0 Å². The average molecular weight is 562 g/mol. The van der Waals surface area contributed by atoms with Gasteiger partial charge < -0.3 is 4.90 Å². The van der Waals surface area contributed by atoms with Crippen molar-refractivity contribution >= 4 is 17.1 Å². The zero-order valence-corrected chi connectivity index (χ0v) is 24.3. The van der Waals surface area contributed by atoms with E-state index in [9.17, 15) is 0 Å². The van der Waals surface area contributed by atoms with Crippen molar-refractivity contribution in [3.05, 3.63) is 210 Å². The van der Waals surface area contributed by atoms with Crippen LogP contribution in [-0.4, -0.2) is 0 Å². The molecule has 1 aliphatic rings. The van der Waals surface area contributed by atoms with Gasteiger partial charge in [-0.05, 0) is 80.9 Å². The Morgan fingerprint density at radius 3 is 1.27 bits per heavy atom. The van der Waals surface area contributed by atoms with Crippen molar-refractivity contribution in [3.63, 3.8) is 0 Å². The third kappa shape index (κ3) is 4.09. The molecular weight excluding hydrogens is 530 g/mol. The van der Waals surface area contributed by atoms with E-state index in [0.717, 1.165) is 17.1 Å². The maximum Gasteiger partial charge on any atom is 0.0719 e. The van der Waals surface area contributed by atoms with Crippen LogP contribution in [0.2, 0.25) is 0 Å². The van der Waals surface area contributed by atoms with Gasteiger partial charge in [0, 0.05) is 17.1 Å². The van der Waals surface area contributed by atoms with E-state index in [4.69, 9.17) is 0 Å². The van der Waals surface area contributed by atoms with Gasteiger partial charge in [-0.1, -0.05) is 152 Å². The highest BCUT2D eigenvalue weighted by molar-refractivity contribution is 5.89. The number of hydrogen-bond acceptors (Lipinski definition) is 1. The number of benzene rings is 7. The van der Waals surface area contributed by atoms with E-state index in [-0.39, 0.29) is 0 Å². The summed E-state index contributed by atoms with van der Waals surface area (Å²) in [6, 6.07) is 68.1. The fourth-order valence-electron chi connectivity index (χ4n) is 7.16. The number of anilines is 3. The summed E-state index contributed by atoms with van der Waals surface area (Å²) in [6.45, 7) is 0. The number of hydrogen-bond donors (Lipinski definition) is 0. The van der Waals surface area contributed by atoms with Gasteiger partial charge in [0.2, 0.25) is 0 Å². The van der Waals surface area contributed by atoms with E-state index < -0.39 is 5.41 Å². The fourth-order valence-corrected chi connectivity index (χ4v) is 7.16. The number of rotatable bonds is 6. The Morgan fingerprint density at radius 1 is 0.318 bits per heavy atom. The van der Waals surface area contributed by atoms with Crippen molar-refractivity contribution < 1.29 is 0 Å². The van der Waals surface area contributed by atoms with Crippen LogP contribution in [0.15, 0.2) is 188 Å². The number of para-hydroxylation sites is 2. The van der Waals surface area contributed by atoms with Crippen molar-refractivity contribution in [1.82, 2.24) is 0 Å². The molecule has 0 fully saturated rings. The van der Waals surface area contributed by atoms with Crippen molar-refractivity contribution in [2.75, 3.05) is 4.90 Å². The summed E-state index contributed by atoms with van der Waals surface area (Å²) < 4.78 is 0. The fraction of sp³-hybridized carbons (Fsp3) is 0.0233. The molecular formula is C43H31N. The Morgan fingerprint density at radius 2 is 0.727 bits per heavy atom. The highest BCUT2D eigenvalue weighted by Crippen LogP contribution is 2.57. The van der Waals surface area contributed by atoms with Crippen LogP contribution >= 0.6 is 0 Å². The van der Waals surface area contributed by atoms with Gasteiger partial charge in [-0.2, -0.15) is 0 Å². The molecule has 0 heterocycles. The van der Waals surface area contributed by atoms with Crippen LogP contribution in [0.25, 0.3) is 22.3 Å². The van der Waals surface area contributed by atoms with Gasteiger partial charge in [0.25, 0.3) is 0 Å². The molecule has 7 aromatic carbocycles. The molecule has 44 heavy (non-hydrogen) atoms. The van der Waals surface area contributed by atoms with Gasteiger partial charge in [-0.25, -0.2) is 0 Å². The lowest BCUT2D eigenvalue weighted by molar-refractivity contribution is 0.770. The molecule has 1 nitrogen and oxygen atoms in total. The molecule has 0 radical (unpaired) electrons. The van der Waals surface area contributed by atoms with E-state index in [1.165, 1.54) is 44.5 Å². The first kappa shape index (κ1) is 26.0. The molecule has 0 spiro atoms. The molecule has 0 saturated carbocycles. The average Bonchev–Trinajstić information content (AvgIpc) is 3.41. The van der Waals surface area contributed by atoms with Crippen LogP contribution in [0.1, 0.15) is 22.3 Å². The normalized spacial score (nSPS) is 12.7. The summed E-state index contributed by atoms with van der Waals surface area (Å²) in [5, 5.41) is 0. The second kappa shape index (κ2) is 10.9. The van der Waals surface area contributed by atoms with Crippen LogP contribution in [0.3, 0.4) is 0 Å². The summed E-state index contributed by atoms with van der Waals surface area (Å²) >= 11 is 0. The molecule has 208 valence electrons. The van der Waals surface area contributed by atoms with Crippen LogP contribution < -0.4 is 4.90 Å². The minimum absolute atomic E-state index is 0.459. The first-order valence-corrected chi connectivity index (χ1v) is 15.2. The standard InChI is InChI=1S/C43H31N/c1-4-18-33(19-5-1)43(41-29-14-11-26-38(41)39-27-12-15-30-42(39)43)40-28-13-10-25-37(40)32-17-16-24-36(31-32)44(34-20-6-2-7-21-34)35-22-8-3-9-23-35/h1-31H. The van der Waals surface area contributed by atoms with Gasteiger partial charge in [0.15, 0.2) is 0 Å². The monoisotopic (exact) mass is 561 g/mol. The quantitative estimate of drug-likeness (QED) is 0.195. The molecule has 0 aliphatic heterocycles. The van der Waals surface area contributed by atoms with Gasteiger partial charge in [0.05, 0.1) is 5.41 Å². The van der Waals surface area contributed by atoms with E-state index in [1.807, 2.05) is 0 Å². The minimum atomic E-state index is -0.459. The van der Waals surface area contributed by atoms with Gasteiger partial charge >= 0.3 is 0 Å². The van der Waals surface area contributed by atoms with E-state index in [0.29, 0.717) is 0 Å². The van der Waals surface area contributed by atoms with Crippen LogP contribution in [0.5, 0.6) is 0 Å². The maximum atomic E-state index is 2.34. The lowest BCUT2D eigenvalue weighted by atomic mass is 9.66. The van der Waals surface area contributed by atoms with Crippen molar-refractivity contribution in [2.24, 2.45) is 0 Å². The van der Waals surface area contributed by atoms with E-state index >= 15 is 0 Å². The van der Waals surface area contributed by atoms with Crippen LogP contribution in [0, 0.1) is 0 Å². The van der Waals surface area contributed by atoms with E-state index in [2.05, 4.69) is 193 Å². The molecule has 0 N–H and O–H groups in total. The molecule has 0 unspecified atom stereocenters. The smallest absolute Gasteiger partial charge is 0.0719 e. The number of nitrogens with zero attached hydrogens (tertiary/aromatic N) is 1. The predicted molar refractivity (Wildman–Crippen MR) is 184 cm³/mol. The summed E-state index contributed by atoms with van der Waals surface area (Å²) in [5.41, 5.74) is 13.1. The van der Waals surface area contributed by atoms with Crippen molar-refractivity contribution in [3.8, 4) is 22.3 Å². The summed E-state index contributed by atoms with van der Waals surface area (Å²) in [4.78, 5) is 2.33.